The van der Waals surface area contributed by atoms with Crippen LogP contribution in [0.25, 0.3) is 0 Å². The van der Waals surface area contributed by atoms with Crippen molar-refractivity contribution in [1.82, 2.24) is 0 Å². The number of benzene rings is 2. The van der Waals surface area contributed by atoms with Gasteiger partial charge in [-0.2, -0.15) is 0 Å². The van der Waals surface area contributed by atoms with Gasteiger partial charge in [-0.15, -0.1) is 11.8 Å². The van der Waals surface area contributed by atoms with Crippen molar-refractivity contribution in [2.45, 2.75) is 18.0 Å². The summed E-state index contributed by atoms with van der Waals surface area (Å²) < 4.78 is 5.84. The van der Waals surface area contributed by atoms with Gasteiger partial charge >= 0.3 is 0 Å². The van der Waals surface area contributed by atoms with Gasteiger partial charge < -0.3 is 10.5 Å². The highest BCUT2D eigenvalue weighted by Crippen LogP contribution is 2.27. The van der Waals surface area contributed by atoms with Crippen LogP contribution in [-0.2, 0) is 13.2 Å². The number of ether oxygens (including phenoxy) is 1. The van der Waals surface area contributed by atoms with E-state index in [9.17, 15) is 0 Å². The van der Waals surface area contributed by atoms with Crippen molar-refractivity contribution >= 4 is 11.8 Å². The van der Waals surface area contributed by atoms with Gasteiger partial charge in [-0.1, -0.05) is 36.4 Å². The molecule has 0 bridgehead atoms. The van der Waals surface area contributed by atoms with Crippen molar-refractivity contribution in [3.05, 3.63) is 59.7 Å². The third-order valence-electron chi connectivity index (χ3n) is 2.72. The molecule has 94 valence electrons. The van der Waals surface area contributed by atoms with E-state index in [4.69, 9.17) is 10.5 Å². The molecule has 2 N–H and O–H groups in total. The van der Waals surface area contributed by atoms with Crippen LogP contribution in [0.4, 0.5) is 0 Å². The highest BCUT2D eigenvalue weighted by molar-refractivity contribution is 7.98. The summed E-state index contributed by atoms with van der Waals surface area (Å²) in [5, 5.41) is 0. The first kappa shape index (κ1) is 13.0. The average Bonchev–Trinajstić information content (AvgIpc) is 2.46. The number of rotatable bonds is 5. The van der Waals surface area contributed by atoms with Crippen molar-refractivity contribution in [2.24, 2.45) is 5.73 Å². The van der Waals surface area contributed by atoms with Crippen LogP contribution in [0.2, 0.25) is 0 Å². The number of para-hydroxylation sites is 1. The zero-order valence-electron chi connectivity index (χ0n) is 10.4. The molecule has 0 saturated carbocycles. The van der Waals surface area contributed by atoms with Crippen molar-refractivity contribution < 1.29 is 4.74 Å². The Labute approximate surface area is 112 Å². The van der Waals surface area contributed by atoms with E-state index in [0.717, 1.165) is 21.8 Å². The van der Waals surface area contributed by atoms with E-state index in [0.29, 0.717) is 13.2 Å². The van der Waals surface area contributed by atoms with Gasteiger partial charge in [0.15, 0.2) is 0 Å². The minimum Gasteiger partial charge on any atom is -0.488 e. The van der Waals surface area contributed by atoms with E-state index in [1.165, 1.54) is 0 Å². The topological polar surface area (TPSA) is 35.2 Å². The first-order valence-corrected chi connectivity index (χ1v) is 7.09. The Morgan fingerprint density at radius 1 is 1.00 bits per heavy atom. The summed E-state index contributed by atoms with van der Waals surface area (Å²) in [7, 11) is 0. The average molecular weight is 259 g/mol. The molecule has 0 unspecified atom stereocenters. The summed E-state index contributed by atoms with van der Waals surface area (Å²) in [4.78, 5) is 1.16. The molecule has 0 atom stereocenters. The fourth-order valence-corrected chi connectivity index (χ4v) is 2.21. The summed E-state index contributed by atoms with van der Waals surface area (Å²) in [6.07, 6.45) is 2.05. The van der Waals surface area contributed by atoms with Gasteiger partial charge in [-0.25, -0.2) is 0 Å². The first-order chi connectivity index (χ1) is 8.83. The van der Waals surface area contributed by atoms with Crippen molar-refractivity contribution in [2.75, 3.05) is 6.26 Å². The first-order valence-electron chi connectivity index (χ1n) is 5.87. The molecule has 0 radical (unpaired) electrons. The zero-order chi connectivity index (χ0) is 12.8. The molecule has 0 heterocycles. The highest BCUT2D eigenvalue weighted by atomic mass is 32.2. The zero-order valence-corrected chi connectivity index (χ0v) is 11.2. The van der Waals surface area contributed by atoms with E-state index >= 15 is 0 Å². The number of thioether (sulfide) groups is 1. The van der Waals surface area contributed by atoms with Crippen LogP contribution in [0.3, 0.4) is 0 Å². The fourth-order valence-electron chi connectivity index (χ4n) is 1.67. The quantitative estimate of drug-likeness (QED) is 0.835. The standard InChI is InChI=1S/C15H17NOS/c1-18-15-5-3-2-4-14(15)17-11-13-8-6-12(10-16)7-9-13/h2-9H,10-11,16H2,1H3. The molecule has 0 fully saturated rings. The van der Waals surface area contributed by atoms with Gasteiger partial charge in [0.2, 0.25) is 0 Å². The van der Waals surface area contributed by atoms with Gasteiger partial charge in [0.25, 0.3) is 0 Å². The summed E-state index contributed by atoms with van der Waals surface area (Å²) in [5.41, 5.74) is 7.87. The molecular weight excluding hydrogens is 242 g/mol. The molecule has 2 aromatic carbocycles. The summed E-state index contributed by atoms with van der Waals surface area (Å²) in [6.45, 7) is 1.17. The number of hydrogen-bond donors (Lipinski definition) is 1. The number of nitrogens with two attached hydrogens (primary N) is 1. The minimum atomic E-state index is 0.580. The SMILES string of the molecule is CSc1ccccc1OCc1ccc(CN)cc1. The summed E-state index contributed by atoms with van der Waals surface area (Å²) >= 11 is 1.70. The molecule has 18 heavy (non-hydrogen) atoms. The van der Waals surface area contributed by atoms with E-state index < -0.39 is 0 Å². The molecule has 0 saturated heterocycles. The monoisotopic (exact) mass is 259 g/mol. The van der Waals surface area contributed by atoms with Crippen molar-refractivity contribution in [1.29, 1.82) is 0 Å². The maximum atomic E-state index is 5.84. The van der Waals surface area contributed by atoms with Gasteiger partial charge in [0, 0.05) is 11.4 Å². The molecule has 2 rings (SSSR count). The van der Waals surface area contributed by atoms with E-state index in [1.807, 2.05) is 30.3 Å². The molecule has 2 aromatic rings. The van der Waals surface area contributed by atoms with Gasteiger partial charge in [-0.3, -0.25) is 0 Å². The van der Waals surface area contributed by atoms with E-state index in [-0.39, 0.29) is 0 Å². The second kappa shape index (κ2) is 6.47. The van der Waals surface area contributed by atoms with Crippen LogP contribution >= 0.6 is 11.8 Å². The Bertz CT molecular complexity index is 496. The second-order valence-electron chi connectivity index (χ2n) is 3.96. The smallest absolute Gasteiger partial charge is 0.133 e. The maximum Gasteiger partial charge on any atom is 0.133 e. The van der Waals surface area contributed by atoms with Gasteiger partial charge in [0.1, 0.15) is 12.4 Å². The third-order valence-corrected chi connectivity index (χ3v) is 3.50. The van der Waals surface area contributed by atoms with Gasteiger partial charge in [0.05, 0.1) is 0 Å². The predicted molar refractivity (Wildman–Crippen MR) is 76.9 cm³/mol. The molecule has 0 aromatic heterocycles. The third kappa shape index (κ3) is 3.28. The van der Waals surface area contributed by atoms with E-state index in [2.05, 4.69) is 24.5 Å². The summed E-state index contributed by atoms with van der Waals surface area (Å²) in [5.74, 6) is 0.938. The lowest BCUT2D eigenvalue weighted by atomic mass is 10.1. The van der Waals surface area contributed by atoms with Crippen LogP contribution in [-0.4, -0.2) is 6.26 Å². The molecule has 0 aliphatic heterocycles. The normalized spacial score (nSPS) is 10.3. The lowest BCUT2D eigenvalue weighted by Gasteiger charge is -2.10. The molecule has 0 aliphatic carbocycles. The molecule has 0 aliphatic rings. The van der Waals surface area contributed by atoms with Crippen LogP contribution in [0, 0.1) is 0 Å². The summed E-state index contributed by atoms with van der Waals surface area (Å²) in [6, 6.07) is 16.3. The van der Waals surface area contributed by atoms with Crippen LogP contribution in [0.15, 0.2) is 53.4 Å². The Balaban J connectivity index is 2.02. The number of hydrogen-bond acceptors (Lipinski definition) is 3. The lowest BCUT2D eigenvalue weighted by Crippen LogP contribution is -1.99. The highest BCUT2D eigenvalue weighted by Gasteiger charge is 2.01. The van der Waals surface area contributed by atoms with E-state index in [1.54, 1.807) is 11.8 Å². The van der Waals surface area contributed by atoms with Crippen molar-refractivity contribution in [3.63, 3.8) is 0 Å². The van der Waals surface area contributed by atoms with Crippen LogP contribution in [0.1, 0.15) is 11.1 Å². The predicted octanol–water partition coefficient (Wildman–Crippen LogP) is 3.45. The Morgan fingerprint density at radius 3 is 2.33 bits per heavy atom. The Morgan fingerprint density at radius 2 is 1.67 bits per heavy atom. The second-order valence-corrected chi connectivity index (χ2v) is 4.81. The Hall–Kier alpha value is -1.45. The van der Waals surface area contributed by atoms with Crippen molar-refractivity contribution in [3.8, 4) is 5.75 Å². The largest absolute Gasteiger partial charge is 0.488 e. The van der Waals surface area contributed by atoms with Gasteiger partial charge in [-0.05, 0) is 29.5 Å². The Kier molecular flexibility index (Phi) is 4.67. The minimum absolute atomic E-state index is 0.580. The lowest BCUT2D eigenvalue weighted by molar-refractivity contribution is 0.299. The molecule has 2 nitrogen and oxygen atoms in total. The van der Waals surface area contributed by atoms with Crippen LogP contribution in [0.5, 0.6) is 5.75 Å². The molecular formula is C15H17NOS. The molecule has 3 heteroatoms. The molecule has 0 amide bonds. The fraction of sp³-hybridized carbons (Fsp3) is 0.200. The van der Waals surface area contributed by atoms with Crippen LogP contribution < -0.4 is 10.5 Å². The molecule has 0 spiro atoms. The maximum absolute atomic E-state index is 5.84.